The number of nitro groups is 1. The van der Waals surface area contributed by atoms with E-state index in [9.17, 15) is 24.5 Å². The van der Waals surface area contributed by atoms with E-state index in [0.717, 1.165) is 22.8 Å². The van der Waals surface area contributed by atoms with Crippen molar-refractivity contribution in [2.75, 3.05) is 4.90 Å². The van der Waals surface area contributed by atoms with Crippen LogP contribution in [0.2, 0.25) is 0 Å². The van der Waals surface area contributed by atoms with Crippen LogP contribution in [0.25, 0.3) is 6.08 Å². The summed E-state index contributed by atoms with van der Waals surface area (Å²) >= 11 is 3.39. The number of hydrogen-bond acceptors (Lipinski definition) is 6. The lowest BCUT2D eigenvalue weighted by Gasteiger charge is -2.26. The standard InChI is InChI=1S/C26H20BrN3O6/c1-15-6-7-17(10-16(15)2)14-36-23-9-8-19(27)11-18(23)12-22-24(31)28-26(33)29(25(22)32)20-4-3-5-21(13-20)30(34)35/h3-13H,14H2,1-2H3,(H,28,31,33)/b22-12+. The highest BCUT2D eigenvalue weighted by Crippen LogP contribution is 2.29. The second kappa shape index (κ2) is 10.1. The molecular formula is C26H20BrN3O6. The Labute approximate surface area is 214 Å². The van der Waals surface area contributed by atoms with E-state index in [2.05, 4.69) is 21.2 Å². The minimum absolute atomic E-state index is 0.0365. The van der Waals surface area contributed by atoms with Crippen molar-refractivity contribution in [2.24, 2.45) is 0 Å². The molecule has 3 aromatic carbocycles. The Bertz CT molecular complexity index is 1450. The van der Waals surface area contributed by atoms with E-state index >= 15 is 0 Å². The lowest BCUT2D eigenvalue weighted by molar-refractivity contribution is -0.384. The third-order valence-electron chi connectivity index (χ3n) is 5.64. The number of nitro benzene ring substituents is 1. The number of amides is 4. The predicted octanol–water partition coefficient (Wildman–Crippen LogP) is 5.22. The van der Waals surface area contributed by atoms with Crippen LogP contribution in [0, 0.1) is 24.0 Å². The molecule has 1 fully saturated rings. The third kappa shape index (κ3) is 5.18. The Morgan fingerprint density at radius 1 is 1.03 bits per heavy atom. The molecule has 4 rings (SSSR count). The number of nitrogens with zero attached hydrogens (tertiary/aromatic N) is 2. The van der Waals surface area contributed by atoms with Crippen LogP contribution in [0.1, 0.15) is 22.3 Å². The SMILES string of the molecule is Cc1ccc(COc2ccc(Br)cc2/C=C2\C(=O)NC(=O)N(c3cccc([N+](=O)[O-])c3)C2=O)cc1C. The van der Waals surface area contributed by atoms with Gasteiger partial charge in [0.1, 0.15) is 17.9 Å². The number of carbonyl (C=O) groups excluding carboxylic acids is 3. The lowest BCUT2D eigenvalue weighted by Crippen LogP contribution is -2.54. The van der Waals surface area contributed by atoms with Gasteiger partial charge in [-0.25, -0.2) is 9.69 Å². The normalized spacial score (nSPS) is 14.7. The summed E-state index contributed by atoms with van der Waals surface area (Å²) < 4.78 is 6.68. The number of urea groups is 1. The minimum Gasteiger partial charge on any atom is -0.488 e. The van der Waals surface area contributed by atoms with Gasteiger partial charge in [-0.1, -0.05) is 40.2 Å². The molecule has 1 aliphatic heterocycles. The number of imide groups is 2. The molecular weight excluding hydrogens is 530 g/mol. The molecule has 9 nitrogen and oxygen atoms in total. The van der Waals surface area contributed by atoms with Gasteiger partial charge in [0.2, 0.25) is 0 Å². The number of anilines is 1. The molecule has 182 valence electrons. The number of carbonyl (C=O) groups is 3. The van der Waals surface area contributed by atoms with E-state index in [1.165, 1.54) is 24.3 Å². The highest BCUT2D eigenvalue weighted by molar-refractivity contribution is 9.10. The maximum atomic E-state index is 13.2. The summed E-state index contributed by atoms with van der Waals surface area (Å²) in [5.74, 6) is -1.38. The van der Waals surface area contributed by atoms with Gasteiger partial charge in [0.15, 0.2) is 0 Å². The largest absolute Gasteiger partial charge is 0.488 e. The average Bonchev–Trinajstić information content (AvgIpc) is 2.83. The maximum Gasteiger partial charge on any atom is 0.335 e. The zero-order valence-corrected chi connectivity index (χ0v) is 20.9. The fourth-order valence-corrected chi connectivity index (χ4v) is 3.99. The van der Waals surface area contributed by atoms with Crippen LogP contribution in [0.15, 0.2) is 70.7 Å². The number of barbiturate groups is 1. The Kier molecular flexibility index (Phi) is 6.98. The molecule has 0 aliphatic carbocycles. The fraction of sp³-hybridized carbons (Fsp3) is 0.115. The van der Waals surface area contributed by atoms with Crippen molar-refractivity contribution >= 4 is 51.2 Å². The molecule has 0 spiro atoms. The monoisotopic (exact) mass is 549 g/mol. The highest BCUT2D eigenvalue weighted by Gasteiger charge is 2.37. The maximum absolute atomic E-state index is 13.2. The number of ether oxygens (including phenoxy) is 1. The molecule has 4 amide bonds. The molecule has 0 atom stereocenters. The molecule has 0 saturated carbocycles. The molecule has 36 heavy (non-hydrogen) atoms. The first kappa shape index (κ1) is 24.8. The smallest absolute Gasteiger partial charge is 0.335 e. The van der Waals surface area contributed by atoms with Crippen LogP contribution in [0.5, 0.6) is 5.75 Å². The summed E-state index contributed by atoms with van der Waals surface area (Å²) in [6, 6.07) is 15.2. The van der Waals surface area contributed by atoms with Crippen molar-refractivity contribution in [3.8, 4) is 5.75 Å². The molecule has 1 aliphatic rings. The van der Waals surface area contributed by atoms with Crippen molar-refractivity contribution < 1.29 is 24.0 Å². The minimum atomic E-state index is -0.997. The molecule has 0 unspecified atom stereocenters. The van der Waals surface area contributed by atoms with Crippen molar-refractivity contribution in [1.29, 1.82) is 0 Å². The number of rotatable bonds is 6. The van der Waals surface area contributed by atoms with Gasteiger partial charge in [0.05, 0.1) is 10.6 Å². The van der Waals surface area contributed by atoms with Gasteiger partial charge in [0.25, 0.3) is 17.5 Å². The van der Waals surface area contributed by atoms with Crippen LogP contribution < -0.4 is 15.0 Å². The molecule has 0 radical (unpaired) electrons. The Morgan fingerprint density at radius 2 is 1.81 bits per heavy atom. The van der Waals surface area contributed by atoms with E-state index in [0.29, 0.717) is 20.7 Å². The predicted molar refractivity (Wildman–Crippen MR) is 136 cm³/mol. The number of nitrogens with one attached hydrogen (secondary N) is 1. The molecule has 1 N–H and O–H groups in total. The van der Waals surface area contributed by atoms with Crippen LogP contribution in [0.4, 0.5) is 16.2 Å². The van der Waals surface area contributed by atoms with Gasteiger partial charge in [-0.3, -0.25) is 25.0 Å². The summed E-state index contributed by atoms with van der Waals surface area (Å²) in [4.78, 5) is 49.5. The summed E-state index contributed by atoms with van der Waals surface area (Å²) in [5, 5.41) is 13.3. The molecule has 1 heterocycles. The van der Waals surface area contributed by atoms with Crippen molar-refractivity contribution in [3.63, 3.8) is 0 Å². The van der Waals surface area contributed by atoms with E-state index < -0.39 is 22.8 Å². The van der Waals surface area contributed by atoms with Crippen LogP contribution in [-0.2, 0) is 16.2 Å². The van der Waals surface area contributed by atoms with Gasteiger partial charge in [-0.2, -0.15) is 0 Å². The van der Waals surface area contributed by atoms with Crippen molar-refractivity contribution in [3.05, 3.63) is 103 Å². The first-order valence-corrected chi connectivity index (χ1v) is 11.6. The van der Waals surface area contributed by atoms with E-state index in [4.69, 9.17) is 4.74 Å². The summed E-state index contributed by atoms with van der Waals surface area (Å²) in [5.41, 5.74) is 3.01. The Morgan fingerprint density at radius 3 is 2.53 bits per heavy atom. The third-order valence-corrected chi connectivity index (χ3v) is 6.13. The van der Waals surface area contributed by atoms with Gasteiger partial charge in [-0.15, -0.1) is 0 Å². The fourth-order valence-electron chi connectivity index (χ4n) is 3.61. The Hall–Kier alpha value is -4.31. The number of non-ortho nitro benzene ring substituents is 1. The van der Waals surface area contributed by atoms with Crippen LogP contribution in [-0.4, -0.2) is 22.8 Å². The topological polar surface area (TPSA) is 119 Å². The van der Waals surface area contributed by atoms with Crippen molar-refractivity contribution in [1.82, 2.24) is 5.32 Å². The van der Waals surface area contributed by atoms with Crippen molar-refractivity contribution in [2.45, 2.75) is 20.5 Å². The number of aryl methyl sites for hydroxylation is 2. The van der Waals surface area contributed by atoms with E-state index in [1.807, 2.05) is 32.0 Å². The van der Waals surface area contributed by atoms with Gasteiger partial charge in [-0.05, 0) is 60.9 Å². The summed E-state index contributed by atoms with van der Waals surface area (Å²) in [6.07, 6.45) is 1.33. The van der Waals surface area contributed by atoms with Crippen LogP contribution in [0.3, 0.4) is 0 Å². The lowest BCUT2D eigenvalue weighted by atomic mass is 10.1. The average molecular weight is 550 g/mol. The second-order valence-electron chi connectivity index (χ2n) is 8.12. The number of halogens is 1. The van der Waals surface area contributed by atoms with E-state index in [1.54, 1.807) is 18.2 Å². The first-order valence-electron chi connectivity index (χ1n) is 10.8. The number of hydrogen-bond donors (Lipinski definition) is 1. The summed E-state index contributed by atoms with van der Waals surface area (Å²) in [6.45, 7) is 4.29. The second-order valence-corrected chi connectivity index (χ2v) is 9.04. The zero-order valence-electron chi connectivity index (χ0n) is 19.3. The molecule has 0 aromatic heterocycles. The summed E-state index contributed by atoms with van der Waals surface area (Å²) in [7, 11) is 0. The van der Waals surface area contributed by atoms with E-state index in [-0.39, 0.29) is 23.6 Å². The molecule has 1 saturated heterocycles. The highest BCUT2D eigenvalue weighted by atomic mass is 79.9. The molecule has 3 aromatic rings. The van der Waals surface area contributed by atoms with Gasteiger partial charge >= 0.3 is 6.03 Å². The zero-order chi connectivity index (χ0) is 26.0. The van der Waals surface area contributed by atoms with Crippen LogP contribution >= 0.6 is 15.9 Å². The first-order chi connectivity index (χ1) is 17.1. The van der Waals surface area contributed by atoms with Gasteiger partial charge < -0.3 is 4.74 Å². The Balaban J connectivity index is 1.68. The molecule has 0 bridgehead atoms. The van der Waals surface area contributed by atoms with Gasteiger partial charge in [0, 0.05) is 22.2 Å². The quantitative estimate of drug-likeness (QED) is 0.195. The number of benzene rings is 3. The molecule has 10 heteroatoms.